The number of nitrogens with one attached hydrogen (secondary N) is 2. The van der Waals surface area contributed by atoms with Crippen LogP contribution in [0, 0.1) is 0 Å². The van der Waals surface area contributed by atoms with Crippen LogP contribution in [0.4, 0.5) is 5.69 Å². The molecule has 0 fully saturated rings. The van der Waals surface area contributed by atoms with E-state index in [-0.39, 0.29) is 22.7 Å². The fraction of sp³-hybridized carbons (Fsp3) is 0.0909. The zero-order valence-electron chi connectivity index (χ0n) is 15.7. The Balaban J connectivity index is 1.47. The number of fused-ring (bicyclic) bond motifs is 1. The van der Waals surface area contributed by atoms with Crippen molar-refractivity contribution in [3.8, 4) is 0 Å². The summed E-state index contributed by atoms with van der Waals surface area (Å²) in [6.45, 7) is 1.93. The quantitative estimate of drug-likeness (QED) is 0.692. The Morgan fingerprint density at radius 2 is 1.55 bits per heavy atom. The van der Waals surface area contributed by atoms with Gasteiger partial charge in [-0.2, -0.15) is 8.42 Å². The third kappa shape index (κ3) is 3.90. The van der Waals surface area contributed by atoms with E-state index >= 15 is 0 Å². The topological polar surface area (TPSA) is 87.6 Å². The molecule has 146 valence electrons. The van der Waals surface area contributed by atoms with Crippen molar-refractivity contribution in [1.29, 1.82) is 0 Å². The Kier molecular flexibility index (Phi) is 4.90. The van der Waals surface area contributed by atoms with Crippen LogP contribution < -0.4 is 10.6 Å². The summed E-state index contributed by atoms with van der Waals surface area (Å²) < 4.78 is 28.1. The van der Waals surface area contributed by atoms with Crippen molar-refractivity contribution in [3.63, 3.8) is 0 Å². The van der Waals surface area contributed by atoms with Gasteiger partial charge in [0.05, 0.1) is 6.04 Å². The molecule has 3 aromatic rings. The smallest absolute Gasteiger partial charge is 0.285 e. The molecule has 1 heterocycles. The lowest BCUT2D eigenvalue weighted by atomic mass is 10.1. The van der Waals surface area contributed by atoms with Gasteiger partial charge in [-0.3, -0.25) is 4.79 Å². The minimum atomic E-state index is -3.67. The van der Waals surface area contributed by atoms with Crippen molar-refractivity contribution < 1.29 is 13.2 Å². The summed E-state index contributed by atoms with van der Waals surface area (Å²) in [7, 11) is -3.67. The van der Waals surface area contributed by atoms with E-state index in [4.69, 9.17) is 0 Å². The molecule has 0 saturated heterocycles. The maximum Gasteiger partial charge on any atom is 0.285 e. The highest BCUT2D eigenvalue weighted by Gasteiger charge is 2.28. The normalized spacial score (nSPS) is 15.1. The number of anilines is 1. The number of rotatable bonds is 4. The Morgan fingerprint density at radius 3 is 2.28 bits per heavy atom. The molecule has 0 radical (unpaired) electrons. The van der Waals surface area contributed by atoms with Gasteiger partial charge >= 0.3 is 0 Å². The Bertz CT molecular complexity index is 1190. The van der Waals surface area contributed by atoms with Gasteiger partial charge in [0.15, 0.2) is 5.84 Å². The van der Waals surface area contributed by atoms with Crippen molar-refractivity contribution in [2.75, 3.05) is 5.32 Å². The molecule has 0 aliphatic carbocycles. The third-order valence-corrected chi connectivity index (χ3v) is 6.02. The molecule has 1 aliphatic rings. The highest BCUT2D eigenvalue weighted by Crippen LogP contribution is 2.26. The van der Waals surface area contributed by atoms with E-state index in [9.17, 15) is 13.2 Å². The lowest BCUT2D eigenvalue weighted by Crippen LogP contribution is -2.26. The molecule has 6 nitrogen and oxygen atoms in total. The van der Waals surface area contributed by atoms with Crippen LogP contribution in [0.3, 0.4) is 0 Å². The highest BCUT2D eigenvalue weighted by atomic mass is 32.2. The second kappa shape index (κ2) is 7.52. The molecular formula is C22H19N3O3S. The summed E-state index contributed by atoms with van der Waals surface area (Å²) in [6.07, 6.45) is 0. The second-order valence-corrected chi connectivity index (χ2v) is 8.29. The Hall–Kier alpha value is -3.45. The summed E-state index contributed by atoms with van der Waals surface area (Å²) in [4.78, 5) is 12.7. The molecule has 0 bridgehead atoms. The van der Waals surface area contributed by atoms with E-state index in [1.54, 1.807) is 42.5 Å². The van der Waals surface area contributed by atoms with E-state index in [1.807, 2.05) is 37.3 Å². The lowest BCUT2D eigenvalue weighted by Gasteiger charge is -2.14. The number of carbonyl (C=O) groups excluding carboxylic acids is 1. The molecular weight excluding hydrogens is 386 g/mol. The first-order chi connectivity index (χ1) is 13.9. The van der Waals surface area contributed by atoms with E-state index in [0.717, 1.165) is 5.56 Å². The predicted octanol–water partition coefficient (Wildman–Crippen LogP) is 3.74. The largest absolute Gasteiger partial charge is 0.346 e. The number of hydrogen-bond acceptors (Lipinski definition) is 4. The van der Waals surface area contributed by atoms with Crippen molar-refractivity contribution in [1.82, 2.24) is 5.32 Å². The summed E-state index contributed by atoms with van der Waals surface area (Å²) in [5, 5.41) is 5.99. The van der Waals surface area contributed by atoms with Crippen molar-refractivity contribution in [3.05, 3.63) is 95.6 Å². The first kappa shape index (κ1) is 18.9. The summed E-state index contributed by atoms with van der Waals surface area (Å²) in [6, 6.07) is 23.1. The second-order valence-electron chi connectivity index (χ2n) is 6.72. The summed E-state index contributed by atoms with van der Waals surface area (Å²) in [5.74, 6) is 0.0922. The number of carbonyl (C=O) groups is 1. The minimum absolute atomic E-state index is 0.115. The third-order valence-electron chi connectivity index (χ3n) is 4.69. The fourth-order valence-electron chi connectivity index (χ4n) is 3.14. The number of hydrogen-bond donors (Lipinski definition) is 2. The molecule has 1 atom stereocenters. The zero-order chi connectivity index (χ0) is 20.4. The first-order valence-electron chi connectivity index (χ1n) is 9.11. The molecule has 1 unspecified atom stereocenters. The van der Waals surface area contributed by atoms with Crippen molar-refractivity contribution >= 4 is 27.5 Å². The van der Waals surface area contributed by atoms with Gasteiger partial charge in [0, 0.05) is 16.8 Å². The molecule has 29 heavy (non-hydrogen) atoms. The molecule has 0 spiro atoms. The van der Waals surface area contributed by atoms with Gasteiger partial charge in [-0.05, 0) is 48.9 Å². The van der Waals surface area contributed by atoms with Crippen LogP contribution >= 0.6 is 0 Å². The van der Waals surface area contributed by atoms with Gasteiger partial charge in [0.25, 0.3) is 15.9 Å². The minimum Gasteiger partial charge on any atom is -0.346 e. The number of amidine groups is 1. The number of amides is 1. The van der Waals surface area contributed by atoms with E-state index in [2.05, 4.69) is 15.0 Å². The maximum absolute atomic E-state index is 12.5. The molecule has 7 heteroatoms. The zero-order valence-corrected chi connectivity index (χ0v) is 16.5. The number of nitrogens with zero attached hydrogens (tertiary/aromatic N) is 1. The molecule has 3 aromatic carbocycles. The van der Waals surface area contributed by atoms with Crippen LogP contribution in [-0.2, 0) is 10.0 Å². The van der Waals surface area contributed by atoms with Gasteiger partial charge in [0.1, 0.15) is 4.90 Å². The Labute approximate surface area is 169 Å². The van der Waals surface area contributed by atoms with E-state index in [1.165, 1.54) is 6.07 Å². The molecule has 1 aliphatic heterocycles. The van der Waals surface area contributed by atoms with E-state index < -0.39 is 10.0 Å². The van der Waals surface area contributed by atoms with Gasteiger partial charge in [0.2, 0.25) is 0 Å². The maximum atomic E-state index is 12.5. The van der Waals surface area contributed by atoms with Crippen LogP contribution in [0.25, 0.3) is 0 Å². The SMILES string of the molecule is CC(NC(=O)c1ccc(NC2=NS(=O)(=O)c3ccccc32)cc1)c1ccccc1. The number of benzene rings is 3. The van der Waals surface area contributed by atoms with Gasteiger partial charge in [-0.15, -0.1) is 4.40 Å². The van der Waals surface area contributed by atoms with Crippen molar-refractivity contribution in [2.24, 2.45) is 4.40 Å². The molecule has 0 aromatic heterocycles. The average molecular weight is 405 g/mol. The van der Waals surface area contributed by atoms with Crippen LogP contribution in [0.1, 0.15) is 34.5 Å². The predicted molar refractivity (Wildman–Crippen MR) is 113 cm³/mol. The van der Waals surface area contributed by atoms with Gasteiger partial charge in [-0.1, -0.05) is 42.5 Å². The molecule has 0 saturated carbocycles. The molecule has 1 amide bonds. The molecule has 4 rings (SSSR count). The lowest BCUT2D eigenvalue weighted by molar-refractivity contribution is 0.0940. The van der Waals surface area contributed by atoms with E-state index in [0.29, 0.717) is 16.8 Å². The first-order valence-corrected chi connectivity index (χ1v) is 10.6. The van der Waals surface area contributed by atoms with Crippen LogP contribution in [-0.4, -0.2) is 20.2 Å². The van der Waals surface area contributed by atoms with Gasteiger partial charge < -0.3 is 10.6 Å². The Morgan fingerprint density at radius 1 is 0.897 bits per heavy atom. The number of sulfonamides is 1. The van der Waals surface area contributed by atoms with Crippen LogP contribution in [0.15, 0.2) is 88.2 Å². The van der Waals surface area contributed by atoms with Crippen LogP contribution in [0.2, 0.25) is 0 Å². The van der Waals surface area contributed by atoms with Crippen molar-refractivity contribution in [2.45, 2.75) is 17.9 Å². The summed E-state index contributed by atoms with van der Waals surface area (Å²) in [5.41, 5.74) is 2.72. The van der Waals surface area contributed by atoms with Crippen LogP contribution in [0.5, 0.6) is 0 Å². The summed E-state index contributed by atoms with van der Waals surface area (Å²) >= 11 is 0. The van der Waals surface area contributed by atoms with Gasteiger partial charge in [-0.25, -0.2) is 0 Å². The monoisotopic (exact) mass is 405 g/mol. The highest BCUT2D eigenvalue weighted by molar-refractivity contribution is 7.90. The average Bonchev–Trinajstić information content (AvgIpc) is 2.99. The standard InChI is InChI=1S/C22H19N3O3S/c1-15(16-7-3-2-4-8-16)23-22(26)17-11-13-18(14-12-17)24-21-19-9-5-6-10-20(19)29(27,28)25-21/h2-15H,1H3,(H,23,26)(H,24,25). The fourth-order valence-corrected chi connectivity index (χ4v) is 4.32. The molecule has 2 N–H and O–H groups in total.